The molecule has 2 heteroatoms. The van der Waals surface area contributed by atoms with Gasteiger partial charge in [-0.3, -0.25) is 0 Å². The van der Waals surface area contributed by atoms with Crippen LogP contribution in [0.1, 0.15) is 25.3 Å². The van der Waals surface area contributed by atoms with Crippen LogP contribution < -0.4 is 0 Å². The van der Waals surface area contributed by atoms with Gasteiger partial charge >= 0.3 is 0 Å². The summed E-state index contributed by atoms with van der Waals surface area (Å²) in [5, 5.41) is 11.2. The second kappa shape index (κ2) is 3.38. The summed E-state index contributed by atoms with van der Waals surface area (Å²) >= 11 is 0. The van der Waals surface area contributed by atoms with Crippen LogP contribution in [0.2, 0.25) is 0 Å². The van der Waals surface area contributed by atoms with Gasteiger partial charge in [-0.15, -0.1) is 0 Å². The molecule has 1 N–H and O–H groups in total. The molecule has 1 aromatic heterocycles. The number of rotatable bonds is 1. The van der Waals surface area contributed by atoms with Crippen LogP contribution in [-0.4, -0.2) is 15.8 Å². The Bertz CT molecular complexity index is 474. The summed E-state index contributed by atoms with van der Waals surface area (Å²) < 4.78 is 2.23. The molecule has 78 valence electrons. The maximum atomic E-state index is 9.90. The van der Waals surface area contributed by atoms with Crippen molar-refractivity contribution in [2.45, 2.75) is 31.4 Å². The van der Waals surface area contributed by atoms with Crippen molar-refractivity contribution < 1.29 is 5.11 Å². The summed E-state index contributed by atoms with van der Waals surface area (Å²) in [6, 6.07) is 10.8. The second-order valence-electron chi connectivity index (χ2n) is 4.35. The second-order valence-corrected chi connectivity index (χ2v) is 4.35. The topological polar surface area (TPSA) is 25.2 Å². The third-order valence-corrected chi connectivity index (χ3v) is 3.43. The number of hydrogen-bond donors (Lipinski definition) is 1. The van der Waals surface area contributed by atoms with Gasteiger partial charge in [0.15, 0.2) is 0 Å². The summed E-state index contributed by atoms with van der Waals surface area (Å²) in [5.41, 5.74) is 1.24. The lowest BCUT2D eigenvalue weighted by atomic mass is 10.2. The minimum atomic E-state index is -0.166. The Hall–Kier alpha value is -1.28. The van der Waals surface area contributed by atoms with Crippen LogP contribution in [0.5, 0.6) is 0 Å². The van der Waals surface area contributed by atoms with Crippen molar-refractivity contribution >= 4 is 10.9 Å². The minimum absolute atomic E-state index is 0.166. The standard InChI is InChI=1S/C13H15NO/c15-13-7-3-6-12(13)14-9-8-10-4-1-2-5-11(10)14/h1-2,4-5,8-9,12-13,15H,3,6-7H2/t12-,13+/m0/s1. The van der Waals surface area contributed by atoms with Crippen molar-refractivity contribution in [3.63, 3.8) is 0 Å². The molecule has 1 aromatic carbocycles. The number of para-hydroxylation sites is 1. The van der Waals surface area contributed by atoms with E-state index in [0.717, 1.165) is 19.3 Å². The van der Waals surface area contributed by atoms with E-state index in [1.54, 1.807) is 0 Å². The average Bonchev–Trinajstić information content (AvgIpc) is 2.83. The van der Waals surface area contributed by atoms with Gasteiger partial charge in [0.25, 0.3) is 0 Å². The third kappa shape index (κ3) is 1.37. The van der Waals surface area contributed by atoms with Crippen molar-refractivity contribution in [2.75, 3.05) is 0 Å². The largest absolute Gasteiger partial charge is 0.391 e. The van der Waals surface area contributed by atoms with E-state index in [9.17, 15) is 5.11 Å². The van der Waals surface area contributed by atoms with Gasteiger partial charge in [0.05, 0.1) is 12.1 Å². The van der Waals surface area contributed by atoms with E-state index in [2.05, 4.69) is 41.1 Å². The first kappa shape index (κ1) is 8.98. The van der Waals surface area contributed by atoms with Crippen LogP contribution in [0, 0.1) is 0 Å². The molecule has 15 heavy (non-hydrogen) atoms. The van der Waals surface area contributed by atoms with Gasteiger partial charge in [-0.1, -0.05) is 18.2 Å². The summed E-state index contributed by atoms with van der Waals surface area (Å²) in [6.07, 6.45) is 5.11. The highest BCUT2D eigenvalue weighted by Gasteiger charge is 2.26. The van der Waals surface area contributed by atoms with Crippen LogP contribution in [0.15, 0.2) is 36.5 Å². The molecule has 0 radical (unpaired) electrons. The molecule has 1 fully saturated rings. The predicted molar refractivity (Wildman–Crippen MR) is 60.8 cm³/mol. The van der Waals surface area contributed by atoms with Crippen molar-refractivity contribution in [1.29, 1.82) is 0 Å². The summed E-state index contributed by atoms with van der Waals surface area (Å²) in [4.78, 5) is 0. The summed E-state index contributed by atoms with van der Waals surface area (Å²) in [7, 11) is 0. The average molecular weight is 201 g/mol. The molecule has 0 amide bonds. The van der Waals surface area contributed by atoms with Gasteiger partial charge in [0.2, 0.25) is 0 Å². The van der Waals surface area contributed by atoms with Crippen molar-refractivity contribution in [1.82, 2.24) is 4.57 Å². The molecule has 0 aliphatic heterocycles. The van der Waals surface area contributed by atoms with Crippen LogP contribution in [0.4, 0.5) is 0 Å². The fraction of sp³-hybridized carbons (Fsp3) is 0.385. The van der Waals surface area contributed by atoms with E-state index >= 15 is 0 Å². The quantitative estimate of drug-likeness (QED) is 0.754. The van der Waals surface area contributed by atoms with E-state index in [-0.39, 0.29) is 12.1 Å². The van der Waals surface area contributed by atoms with Gasteiger partial charge in [-0.05, 0) is 36.8 Å². The monoisotopic (exact) mass is 201 g/mol. The van der Waals surface area contributed by atoms with Gasteiger partial charge in [0, 0.05) is 11.7 Å². The number of hydrogen-bond acceptors (Lipinski definition) is 1. The Labute approximate surface area is 89.1 Å². The first-order chi connectivity index (χ1) is 7.36. The number of aliphatic hydroxyl groups is 1. The number of benzene rings is 1. The van der Waals surface area contributed by atoms with Crippen LogP contribution in [0.3, 0.4) is 0 Å². The maximum Gasteiger partial charge on any atom is 0.0747 e. The van der Waals surface area contributed by atoms with Crippen molar-refractivity contribution in [3.05, 3.63) is 36.5 Å². The number of nitrogens with zero attached hydrogens (tertiary/aromatic N) is 1. The molecule has 1 aliphatic carbocycles. The first-order valence-electron chi connectivity index (χ1n) is 5.60. The van der Waals surface area contributed by atoms with Gasteiger partial charge in [-0.2, -0.15) is 0 Å². The maximum absolute atomic E-state index is 9.90. The number of aromatic nitrogens is 1. The molecule has 1 aliphatic rings. The lowest BCUT2D eigenvalue weighted by molar-refractivity contribution is 0.138. The molecule has 1 saturated carbocycles. The lowest BCUT2D eigenvalue weighted by Crippen LogP contribution is -2.17. The molecule has 3 rings (SSSR count). The zero-order valence-corrected chi connectivity index (χ0v) is 8.63. The van der Waals surface area contributed by atoms with Gasteiger partial charge in [-0.25, -0.2) is 0 Å². The molecule has 0 spiro atoms. The molecule has 0 saturated heterocycles. The predicted octanol–water partition coefficient (Wildman–Crippen LogP) is 2.73. The van der Waals surface area contributed by atoms with Crippen LogP contribution in [-0.2, 0) is 0 Å². The van der Waals surface area contributed by atoms with E-state index in [4.69, 9.17) is 0 Å². The highest BCUT2D eigenvalue weighted by atomic mass is 16.3. The van der Waals surface area contributed by atoms with E-state index in [1.165, 1.54) is 10.9 Å². The molecular weight excluding hydrogens is 186 g/mol. The molecule has 2 nitrogen and oxygen atoms in total. The highest BCUT2D eigenvalue weighted by Crippen LogP contribution is 2.32. The highest BCUT2D eigenvalue weighted by molar-refractivity contribution is 5.80. The Morgan fingerprint density at radius 3 is 2.80 bits per heavy atom. The fourth-order valence-electron chi connectivity index (χ4n) is 2.64. The molecule has 0 bridgehead atoms. The Kier molecular flexibility index (Phi) is 2.03. The zero-order valence-electron chi connectivity index (χ0n) is 8.63. The minimum Gasteiger partial charge on any atom is -0.391 e. The smallest absolute Gasteiger partial charge is 0.0747 e. The van der Waals surface area contributed by atoms with Gasteiger partial charge in [0.1, 0.15) is 0 Å². The van der Waals surface area contributed by atoms with E-state index in [1.807, 2.05) is 0 Å². The normalized spacial score (nSPS) is 26.2. The number of aliphatic hydroxyl groups excluding tert-OH is 1. The van der Waals surface area contributed by atoms with Crippen LogP contribution in [0.25, 0.3) is 10.9 Å². The molecule has 2 atom stereocenters. The Morgan fingerprint density at radius 1 is 1.13 bits per heavy atom. The summed E-state index contributed by atoms with van der Waals surface area (Å²) in [5.74, 6) is 0. The van der Waals surface area contributed by atoms with Crippen molar-refractivity contribution in [2.24, 2.45) is 0 Å². The Morgan fingerprint density at radius 2 is 2.00 bits per heavy atom. The van der Waals surface area contributed by atoms with E-state index in [0.29, 0.717) is 0 Å². The molecule has 1 heterocycles. The zero-order chi connectivity index (χ0) is 10.3. The summed E-state index contributed by atoms with van der Waals surface area (Å²) in [6.45, 7) is 0. The SMILES string of the molecule is O[C@@H]1CCC[C@@H]1n1ccc2ccccc21. The van der Waals surface area contributed by atoms with Crippen molar-refractivity contribution in [3.8, 4) is 0 Å². The Balaban J connectivity index is 2.10. The molecule has 0 unspecified atom stereocenters. The molecule has 2 aromatic rings. The molecular formula is C13H15NO. The van der Waals surface area contributed by atoms with Gasteiger partial charge < -0.3 is 9.67 Å². The number of fused-ring (bicyclic) bond motifs is 1. The lowest BCUT2D eigenvalue weighted by Gasteiger charge is -2.17. The first-order valence-corrected chi connectivity index (χ1v) is 5.60. The third-order valence-electron chi connectivity index (χ3n) is 3.43. The fourth-order valence-corrected chi connectivity index (χ4v) is 2.64. The van der Waals surface area contributed by atoms with Crippen LogP contribution >= 0.6 is 0 Å². The van der Waals surface area contributed by atoms with E-state index < -0.39 is 0 Å².